The van der Waals surface area contributed by atoms with Gasteiger partial charge >= 0.3 is 11.9 Å². The number of carbonyl (C=O) groups excluding carboxylic acids is 2. The zero-order chi connectivity index (χ0) is 14.7. The van der Waals surface area contributed by atoms with Gasteiger partial charge in [-0.15, -0.1) is 13.2 Å². The fourth-order valence-electron chi connectivity index (χ4n) is 1.68. The summed E-state index contributed by atoms with van der Waals surface area (Å²) in [6.45, 7) is 11.3. The largest absolute Gasteiger partial charge is 0.465 e. The maximum atomic E-state index is 11.8. The lowest BCUT2D eigenvalue weighted by Gasteiger charge is -2.16. The average molecular weight is 268 g/mol. The first-order valence-corrected chi connectivity index (χ1v) is 6.65. The van der Waals surface area contributed by atoms with Crippen molar-refractivity contribution in [2.45, 2.75) is 33.1 Å². The summed E-state index contributed by atoms with van der Waals surface area (Å²) in [4.78, 5) is 23.4. The highest BCUT2D eigenvalue weighted by Gasteiger charge is 2.28. The molecule has 108 valence electrons. The molecule has 0 aliphatic carbocycles. The first-order valence-electron chi connectivity index (χ1n) is 6.65. The second-order valence-electron chi connectivity index (χ2n) is 4.26. The highest BCUT2D eigenvalue weighted by molar-refractivity contribution is 5.94. The van der Waals surface area contributed by atoms with Gasteiger partial charge in [0.25, 0.3) is 0 Å². The van der Waals surface area contributed by atoms with Crippen LogP contribution < -0.4 is 0 Å². The minimum absolute atomic E-state index is 0.165. The van der Waals surface area contributed by atoms with Gasteiger partial charge in [0, 0.05) is 0 Å². The van der Waals surface area contributed by atoms with E-state index < -0.39 is 17.9 Å². The minimum atomic E-state index is -0.826. The Labute approximate surface area is 115 Å². The summed E-state index contributed by atoms with van der Waals surface area (Å²) >= 11 is 0. The summed E-state index contributed by atoms with van der Waals surface area (Å²) in [5.74, 6) is -1.69. The lowest BCUT2D eigenvalue weighted by atomic mass is 10.0. The van der Waals surface area contributed by atoms with Gasteiger partial charge in [-0.05, 0) is 32.1 Å². The fourth-order valence-corrected chi connectivity index (χ4v) is 1.68. The predicted octanol–water partition coefficient (Wildman–Crippen LogP) is 2.89. The molecule has 0 heterocycles. The number of carbonyl (C=O) groups is 2. The molecule has 4 nitrogen and oxygen atoms in total. The Morgan fingerprint density at radius 3 is 2.00 bits per heavy atom. The first-order chi connectivity index (χ1) is 9.10. The average Bonchev–Trinajstić information content (AvgIpc) is 2.37. The Bertz CT molecular complexity index is 299. The zero-order valence-electron chi connectivity index (χ0n) is 11.9. The Kier molecular flexibility index (Phi) is 9.49. The number of allylic oxidation sites excluding steroid dienone is 2. The molecule has 0 aromatic carbocycles. The molecule has 0 N–H and O–H groups in total. The Balaban J connectivity index is 4.35. The van der Waals surface area contributed by atoms with Crippen LogP contribution in [0, 0.1) is 11.8 Å². The summed E-state index contributed by atoms with van der Waals surface area (Å²) in [6, 6.07) is 0. The van der Waals surface area contributed by atoms with Gasteiger partial charge < -0.3 is 9.47 Å². The van der Waals surface area contributed by atoms with Crippen LogP contribution in [0.4, 0.5) is 0 Å². The van der Waals surface area contributed by atoms with Crippen LogP contribution in [0.25, 0.3) is 0 Å². The van der Waals surface area contributed by atoms with Gasteiger partial charge in [-0.2, -0.15) is 0 Å². The molecule has 0 aromatic heterocycles. The molecule has 1 unspecified atom stereocenters. The number of hydrogen-bond acceptors (Lipinski definition) is 4. The van der Waals surface area contributed by atoms with Crippen LogP contribution >= 0.6 is 0 Å². The molecular weight excluding hydrogens is 244 g/mol. The molecular formula is C15H24O4. The van der Waals surface area contributed by atoms with Crippen LogP contribution in [0.15, 0.2) is 25.3 Å². The van der Waals surface area contributed by atoms with Crippen LogP contribution in [0.5, 0.6) is 0 Å². The van der Waals surface area contributed by atoms with Gasteiger partial charge in [0.2, 0.25) is 0 Å². The molecule has 1 atom stereocenters. The topological polar surface area (TPSA) is 52.6 Å². The minimum Gasteiger partial charge on any atom is -0.465 e. The molecule has 0 spiro atoms. The normalized spacial score (nSPS) is 11.7. The number of rotatable bonds is 10. The summed E-state index contributed by atoms with van der Waals surface area (Å²) < 4.78 is 10.0. The highest BCUT2D eigenvalue weighted by Crippen LogP contribution is 2.13. The number of ether oxygens (including phenoxy) is 2. The van der Waals surface area contributed by atoms with E-state index in [1.807, 2.05) is 0 Å². The van der Waals surface area contributed by atoms with Crippen molar-refractivity contribution in [2.24, 2.45) is 11.8 Å². The summed E-state index contributed by atoms with van der Waals surface area (Å²) in [5, 5.41) is 0. The van der Waals surface area contributed by atoms with E-state index >= 15 is 0 Å². The standard InChI is InChI=1S/C15H24O4/c1-5-9-12(10-6-2)11-19-15(17)13(7-3)14(16)18-8-4/h5-6,12-13H,1-2,7-11H2,3-4H3. The smallest absolute Gasteiger partial charge is 0.320 e. The van der Waals surface area contributed by atoms with Crippen molar-refractivity contribution in [3.63, 3.8) is 0 Å². The van der Waals surface area contributed by atoms with E-state index in [0.717, 1.165) is 12.8 Å². The van der Waals surface area contributed by atoms with Crippen molar-refractivity contribution < 1.29 is 19.1 Å². The Morgan fingerprint density at radius 1 is 1.05 bits per heavy atom. The van der Waals surface area contributed by atoms with E-state index in [4.69, 9.17) is 9.47 Å². The van der Waals surface area contributed by atoms with E-state index in [1.54, 1.807) is 26.0 Å². The van der Waals surface area contributed by atoms with Crippen molar-refractivity contribution in [2.75, 3.05) is 13.2 Å². The van der Waals surface area contributed by atoms with Gasteiger partial charge in [0.15, 0.2) is 5.92 Å². The number of hydrogen-bond donors (Lipinski definition) is 0. The maximum Gasteiger partial charge on any atom is 0.320 e. The lowest BCUT2D eigenvalue weighted by Crippen LogP contribution is -2.28. The third kappa shape index (κ3) is 6.79. The van der Waals surface area contributed by atoms with Crippen molar-refractivity contribution in [1.29, 1.82) is 0 Å². The molecule has 0 rings (SSSR count). The molecule has 0 bridgehead atoms. The van der Waals surface area contributed by atoms with Crippen LogP contribution in [0.2, 0.25) is 0 Å². The molecule has 0 radical (unpaired) electrons. The van der Waals surface area contributed by atoms with Gasteiger partial charge in [-0.3, -0.25) is 9.59 Å². The van der Waals surface area contributed by atoms with Crippen LogP contribution in [-0.2, 0) is 19.1 Å². The molecule has 0 amide bonds. The van der Waals surface area contributed by atoms with Crippen LogP contribution in [0.1, 0.15) is 33.1 Å². The van der Waals surface area contributed by atoms with E-state index in [9.17, 15) is 9.59 Å². The summed E-state index contributed by atoms with van der Waals surface area (Å²) in [5.41, 5.74) is 0. The molecule has 0 saturated heterocycles. The fraction of sp³-hybridized carbons (Fsp3) is 0.600. The van der Waals surface area contributed by atoms with Gasteiger partial charge in [0.05, 0.1) is 13.2 Å². The third-order valence-corrected chi connectivity index (χ3v) is 2.73. The quantitative estimate of drug-likeness (QED) is 0.347. The second-order valence-corrected chi connectivity index (χ2v) is 4.26. The maximum absolute atomic E-state index is 11.8. The molecule has 19 heavy (non-hydrogen) atoms. The van der Waals surface area contributed by atoms with Crippen LogP contribution in [-0.4, -0.2) is 25.2 Å². The number of esters is 2. The van der Waals surface area contributed by atoms with Crippen molar-refractivity contribution in [3.05, 3.63) is 25.3 Å². The van der Waals surface area contributed by atoms with Crippen molar-refractivity contribution >= 4 is 11.9 Å². The van der Waals surface area contributed by atoms with E-state index in [0.29, 0.717) is 6.42 Å². The molecule has 0 aliphatic rings. The monoisotopic (exact) mass is 268 g/mol. The van der Waals surface area contributed by atoms with Crippen LogP contribution in [0.3, 0.4) is 0 Å². The summed E-state index contributed by atoms with van der Waals surface area (Å²) in [7, 11) is 0. The third-order valence-electron chi connectivity index (χ3n) is 2.73. The lowest BCUT2D eigenvalue weighted by molar-refractivity contribution is -0.162. The first kappa shape index (κ1) is 17.4. The summed E-state index contributed by atoms with van der Waals surface area (Å²) in [6.07, 6.45) is 5.44. The SMILES string of the molecule is C=CCC(CC=C)COC(=O)C(CC)C(=O)OCC. The van der Waals surface area contributed by atoms with E-state index in [-0.39, 0.29) is 19.1 Å². The molecule has 0 saturated carbocycles. The molecule has 4 heteroatoms. The highest BCUT2D eigenvalue weighted by atomic mass is 16.6. The van der Waals surface area contributed by atoms with Gasteiger partial charge in [-0.1, -0.05) is 19.1 Å². The molecule has 0 aromatic rings. The Hall–Kier alpha value is -1.58. The van der Waals surface area contributed by atoms with Crippen molar-refractivity contribution in [3.8, 4) is 0 Å². The predicted molar refractivity (Wildman–Crippen MR) is 74.5 cm³/mol. The van der Waals surface area contributed by atoms with Gasteiger partial charge in [-0.25, -0.2) is 0 Å². The Morgan fingerprint density at radius 2 is 1.58 bits per heavy atom. The van der Waals surface area contributed by atoms with E-state index in [2.05, 4.69) is 13.2 Å². The molecule has 0 aliphatic heterocycles. The van der Waals surface area contributed by atoms with Crippen molar-refractivity contribution in [1.82, 2.24) is 0 Å². The van der Waals surface area contributed by atoms with Gasteiger partial charge in [0.1, 0.15) is 0 Å². The zero-order valence-corrected chi connectivity index (χ0v) is 11.9. The second kappa shape index (κ2) is 10.4. The van der Waals surface area contributed by atoms with E-state index in [1.165, 1.54) is 0 Å². The molecule has 0 fully saturated rings.